The molecule has 0 saturated carbocycles. The second kappa shape index (κ2) is 6.92. The van der Waals surface area contributed by atoms with Gasteiger partial charge in [0.2, 0.25) is 5.66 Å². The van der Waals surface area contributed by atoms with E-state index >= 15 is 0 Å². The zero-order valence-corrected chi connectivity index (χ0v) is 15.1. The molecule has 1 unspecified atom stereocenters. The van der Waals surface area contributed by atoms with Crippen LogP contribution in [0.25, 0.3) is 0 Å². The number of alkyl halides is 3. The smallest absolute Gasteiger partial charge is 0.395 e. The minimum atomic E-state index is -4.77. The number of aliphatic hydroxyl groups excluding tert-OH is 1. The maximum absolute atomic E-state index is 14.3. The lowest BCUT2D eigenvalue weighted by molar-refractivity contribution is -0.216. The quantitative estimate of drug-likeness (QED) is 0.778. The number of benzene rings is 2. The Kier molecular flexibility index (Phi) is 4.98. The zero-order chi connectivity index (χ0) is 18.9. The van der Waals surface area contributed by atoms with Crippen molar-refractivity contribution in [1.82, 2.24) is 4.90 Å². The van der Waals surface area contributed by atoms with E-state index in [0.717, 1.165) is 0 Å². The normalized spacial score (nSPS) is 20.0. The number of para-hydroxylation sites is 1. The number of anilines is 1. The SMILES string of the molecule is O=C1c2c(Br)cccc2CC(Nc2ccccc2)(C(F)(F)F)N1CCO. The van der Waals surface area contributed by atoms with Crippen LogP contribution in [0.1, 0.15) is 15.9 Å². The van der Waals surface area contributed by atoms with Gasteiger partial charge in [-0.1, -0.05) is 30.3 Å². The highest BCUT2D eigenvalue weighted by Crippen LogP contribution is 2.44. The Bertz CT molecular complexity index is 814. The number of halogens is 4. The van der Waals surface area contributed by atoms with Crippen LogP contribution in [0.2, 0.25) is 0 Å². The van der Waals surface area contributed by atoms with Crippen LogP contribution in [-0.4, -0.2) is 40.9 Å². The topological polar surface area (TPSA) is 52.6 Å². The molecule has 0 radical (unpaired) electrons. The molecular formula is C18H16BrF3N2O2. The van der Waals surface area contributed by atoms with Crippen LogP contribution in [0.15, 0.2) is 53.0 Å². The molecule has 1 amide bonds. The molecule has 0 fully saturated rings. The summed E-state index contributed by atoms with van der Waals surface area (Å²) in [5.74, 6) is -0.784. The summed E-state index contributed by atoms with van der Waals surface area (Å²) < 4.78 is 43.3. The number of β-amino-alcohol motifs (C(OH)–C–C–N with tert-alkyl or cyclic N) is 1. The van der Waals surface area contributed by atoms with Gasteiger partial charge in [0.1, 0.15) is 0 Å². The van der Waals surface area contributed by atoms with E-state index in [-0.39, 0.29) is 11.3 Å². The van der Waals surface area contributed by atoms with Crippen molar-refractivity contribution in [1.29, 1.82) is 0 Å². The van der Waals surface area contributed by atoms with Gasteiger partial charge in [0, 0.05) is 23.1 Å². The molecule has 0 aromatic heterocycles. The largest absolute Gasteiger partial charge is 0.430 e. The molecule has 2 aromatic carbocycles. The molecule has 138 valence electrons. The number of nitrogens with zero attached hydrogens (tertiary/aromatic N) is 1. The third-order valence-corrected chi connectivity index (χ3v) is 5.04. The highest BCUT2D eigenvalue weighted by atomic mass is 79.9. The molecule has 4 nitrogen and oxygen atoms in total. The fourth-order valence-electron chi connectivity index (χ4n) is 3.22. The summed E-state index contributed by atoms with van der Waals surface area (Å²) in [7, 11) is 0. The molecule has 8 heteroatoms. The number of rotatable bonds is 4. The van der Waals surface area contributed by atoms with Crippen LogP contribution >= 0.6 is 15.9 Å². The zero-order valence-electron chi connectivity index (χ0n) is 13.6. The second-order valence-electron chi connectivity index (χ2n) is 5.98. The summed E-state index contributed by atoms with van der Waals surface area (Å²) in [6.45, 7) is -1.03. The Balaban J connectivity index is 2.19. The molecule has 0 bridgehead atoms. The van der Waals surface area contributed by atoms with E-state index in [1.807, 2.05) is 0 Å². The molecule has 2 N–H and O–H groups in total. The number of carbonyl (C=O) groups excluding carboxylic acids is 1. The summed E-state index contributed by atoms with van der Waals surface area (Å²) in [6.07, 6.45) is -5.24. The predicted molar refractivity (Wildman–Crippen MR) is 94.8 cm³/mol. The number of fused-ring (bicyclic) bond motifs is 1. The average Bonchev–Trinajstić information content (AvgIpc) is 2.58. The summed E-state index contributed by atoms with van der Waals surface area (Å²) in [6, 6.07) is 12.6. The van der Waals surface area contributed by atoms with Crippen molar-refractivity contribution in [3.63, 3.8) is 0 Å². The van der Waals surface area contributed by atoms with Crippen molar-refractivity contribution < 1.29 is 23.1 Å². The van der Waals surface area contributed by atoms with Crippen LogP contribution in [0.5, 0.6) is 0 Å². The van der Waals surface area contributed by atoms with Crippen LogP contribution < -0.4 is 5.32 Å². The molecule has 2 aromatic rings. The van der Waals surface area contributed by atoms with E-state index in [2.05, 4.69) is 21.2 Å². The van der Waals surface area contributed by atoms with Gasteiger partial charge in [-0.15, -0.1) is 0 Å². The van der Waals surface area contributed by atoms with Crippen molar-refractivity contribution in [2.75, 3.05) is 18.5 Å². The summed E-state index contributed by atoms with van der Waals surface area (Å²) in [5.41, 5.74) is -1.93. The molecule has 1 aliphatic heterocycles. The van der Waals surface area contributed by atoms with Crippen molar-refractivity contribution in [3.8, 4) is 0 Å². The maximum atomic E-state index is 14.3. The fourth-order valence-corrected chi connectivity index (χ4v) is 3.80. The Morgan fingerprint density at radius 2 is 1.85 bits per heavy atom. The van der Waals surface area contributed by atoms with Gasteiger partial charge < -0.3 is 15.3 Å². The Morgan fingerprint density at radius 3 is 2.46 bits per heavy atom. The lowest BCUT2D eigenvalue weighted by Crippen LogP contribution is -2.69. The molecule has 1 heterocycles. The highest BCUT2D eigenvalue weighted by molar-refractivity contribution is 9.10. The van der Waals surface area contributed by atoms with Gasteiger partial charge in [0.15, 0.2) is 0 Å². The lowest BCUT2D eigenvalue weighted by atomic mass is 9.87. The van der Waals surface area contributed by atoms with Gasteiger partial charge in [-0.2, -0.15) is 13.2 Å². The third kappa shape index (κ3) is 3.07. The molecule has 1 atom stereocenters. The van der Waals surface area contributed by atoms with E-state index in [0.29, 0.717) is 14.9 Å². The number of hydrogen-bond donors (Lipinski definition) is 2. The lowest BCUT2D eigenvalue weighted by Gasteiger charge is -2.48. The van der Waals surface area contributed by atoms with Crippen molar-refractivity contribution in [2.45, 2.75) is 18.3 Å². The Labute approximate surface area is 156 Å². The predicted octanol–water partition coefficient (Wildman–Crippen LogP) is 3.81. The van der Waals surface area contributed by atoms with Gasteiger partial charge in [-0.05, 0) is 39.7 Å². The van der Waals surface area contributed by atoms with E-state index in [4.69, 9.17) is 0 Å². The standard InChI is InChI=1S/C18H16BrF3N2O2/c19-14-8-4-5-12-11-17(18(20,21)22,23-13-6-2-1-3-7-13)24(9-10-25)16(26)15(12)14/h1-8,23,25H,9-11H2. The minimum Gasteiger partial charge on any atom is -0.395 e. The van der Waals surface area contributed by atoms with Gasteiger partial charge in [-0.25, -0.2) is 0 Å². The number of nitrogens with one attached hydrogen (secondary N) is 1. The third-order valence-electron chi connectivity index (χ3n) is 4.38. The molecular weight excluding hydrogens is 413 g/mol. The first-order valence-electron chi connectivity index (χ1n) is 7.90. The van der Waals surface area contributed by atoms with Gasteiger partial charge in [0.05, 0.1) is 12.2 Å². The first-order valence-corrected chi connectivity index (χ1v) is 8.69. The first-order chi connectivity index (χ1) is 12.3. The molecule has 0 aliphatic carbocycles. The monoisotopic (exact) mass is 428 g/mol. The van der Waals surface area contributed by atoms with Crippen molar-refractivity contribution in [2.24, 2.45) is 0 Å². The molecule has 0 saturated heterocycles. The highest BCUT2D eigenvalue weighted by Gasteiger charge is 2.62. The fraction of sp³-hybridized carbons (Fsp3) is 0.278. The summed E-state index contributed by atoms with van der Waals surface area (Å²) in [4.78, 5) is 13.6. The molecule has 26 heavy (non-hydrogen) atoms. The van der Waals surface area contributed by atoms with E-state index in [1.54, 1.807) is 30.3 Å². The maximum Gasteiger partial charge on any atom is 0.430 e. The summed E-state index contributed by atoms with van der Waals surface area (Å²) >= 11 is 3.24. The van der Waals surface area contributed by atoms with Crippen LogP contribution in [0, 0.1) is 0 Å². The van der Waals surface area contributed by atoms with E-state index in [9.17, 15) is 23.1 Å². The van der Waals surface area contributed by atoms with Crippen molar-refractivity contribution >= 4 is 27.5 Å². The van der Waals surface area contributed by atoms with Crippen LogP contribution in [0.4, 0.5) is 18.9 Å². The number of amides is 1. The number of aliphatic hydroxyl groups is 1. The molecule has 1 aliphatic rings. The Morgan fingerprint density at radius 1 is 1.15 bits per heavy atom. The van der Waals surface area contributed by atoms with Crippen molar-refractivity contribution in [3.05, 3.63) is 64.1 Å². The molecule has 0 spiro atoms. The van der Waals surface area contributed by atoms with E-state index < -0.39 is 37.3 Å². The Hall–Kier alpha value is -2.06. The van der Waals surface area contributed by atoms with Crippen LogP contribution in [0.3, 0.4) is 0 Å². The first kappa shape index (κ1) is 18.7. The number of carbonyl (C=O) groups is 1. The second-order valence-corrected chi connectivity index (χ2v) is 6.83. The van der Waals surface area contributed by atoms with E-state index in [1.165, 1.54) is 18.2 Å². The van der Waals surface area contributed by atoms with Gasteiger partial charge in [0.25, 0.3) is 5.91 Å². The molecule has 3 rings (SSSR count). The van der Waals surface area contributed by atoms with Gasteiger partial charge >= 0.3 is 6.18 Å². The number of hydrogen-bond acceptors (Lipinski definition) is 3. The summed E-state index contributed by atoms with van der Waals surface area (Å²) in [5, 5.41) is 11.8. The average molecular weight is 429 g/mol. The van der Waals surface area contributed by atoms with Gasteiger partial charge in [-0.3, -0.25) is 4.79 Å². The van der Waals surface area contributed by atoms with Crippen LogP contribution in [-0.2, 0) is 6.42 Å². The minimum absolute atomic E-state index is 0.190.